The van der Waals surface area contributed by atoms with Crippen LogP contribution in [0.15, 0.2) is 23.2 Å². The summed E-state index contributed by atoms with van der Waals surface area (Å²) in [5.74, 6) is -0.612. The van der Waals surface area contributed by atoms with Crippen molar-refractivity contribution in [3.63, 3.8) is 0 Å². The number of ether oxygens (including phenoxy) is 1. The zero-order valence-electron chi connectivity index (χ0n) is 9.74. The third-order valence-corrected chi connectivity index (χ3v) is 2.46. The van der Waals surface area contributed by atoms with Crippen molar-refractivity contribution >= 4 is 29.2 Å². The molecule has 0 amide bonds. The monoisotopic (exact) mass is 268 g/mol. The topological polar surface area (TPSA) is 115 Å². The minimum absolute atomic E-state index is 0.0518. The van der Waals surface area contributed by atoms with E-state index in [0.717, 1.165) is 0 Å². The molecule has 1 rings (SSSR count). The Hall–Kier alpha value is -2.08. The molecule has 0 aliphatic rings. The Morgan fingerprint density at radius 3 is 2.67 bits per heavy atom. The van der Waals surface area contributed by atoms with Crippen LogP contribution in [0, 0.1) is 5.41 Å². The Labute approximate surface area is 109 Å². The third-order valence-electron chi connectivity index (χ3n) is 2.14. The molecule has 5 N–H and O–H groups in total. The highest BCUT2D eigenvalue weighted by Gasteiger charge is 2.12. The lowest BCUT2D eigenvalue weighted by Gasteiger charge is -2.06. The van der Waals surface area contributed by atoms with Gasteiger partial charge in [0.15, 0.2) is 5.96 Å². The van der Waals surface area contributed by atoms with Gasteiger partial charge in [0.25, 0.3) is 0 Å². The first-order chi connectivity index (χ1) is 8.45. The average Bonchev–Trinajstić information content (AvgIpc) is 2.34. The van der Waals surface area contributed by atoms with Gasteiger partial charge in [0, 0.05) is 0 Å². The van der Waals surface area contributed by atoms with E-state index in [1.807, 2.05) is 0 Å². The number of hydrogen-bond donors (Lipinski definition) is 3. The maximum atomic E-state index is 11.3. The fourth-order valence-corrected chi connectivity index (χ4v) is 1.50. The van der Waals surface area contributed by atoms with Gasteiger partial charge in [0.05, 0.1) is 30.0 Å². The second kappa shape index (κ2) is 6.02. The van der Waals surface area contributed by atoms with Gasteiger partial charge >= 0.3 is 5.97 Å². The zero-order valence-corrected chi connectivity index (χ0v) is 10.5. The summed E-state index contributed by atoms with van der Waals surface area (Å²) in [6.07, 6.45) is 0. The average molecular weight is 269 g/mol. The molecule has 0 saturated carbocycles. The predicted octanol–water partition coefficient (Wildman–Crippen LogP) is 0.768. The molecular formula is C11H13ClN4O2. The summed E-state index contributed by atoms with van der Waals surface area (Å²) in [5.41, 5.74) is 11.3. The second-order valence-electron chi connectivity index (χ2n) is 3.41. The highest BCUT2D eigenvalue weighted by atomic mass is 35.5. The summed E-state index contributed by atoms with van der Waals surface area (Å²) < 4.78 is 4.56. The molecule has 7 heteroatoms. The summed E-state index contributed by atoms with van der Waals surface area (Å²) in [4.78, 5) is 15.0. The summed E-state index contributed by atoms with van der Waals surface area (Å²) in [6.45, 7) is 0.0518. The number of methoxy groups -OCH3 is 1. The van der Waals surface area contributed by atoms with E-state index in [-0.39, 0.29) is 28.8 Å². The lowest BCUT2D eigenvalue weighted by atomic mass is 10.1. The van der Waals surface area contributed by atoms with Crippen LogP contribution in [0.3, 0.4) is 0 Å². The number of guanidine groups is 1. The van der Waals surface area contributed by atoms with Gasteiger partial charge in [-0.3, -0.25) is 0 Å². The van der Waals surface area contributed by atoms with Crippen LogP contribution in [0.1, 0.15) is 15.9 Å². The van der Waals surface area contributed by atoms with Gasteiger partial charge < -0.3 is 21.6 Å². The molecule has 6 nitrogen and oxygen atoms in total. The molecule has 0 heterocycles. The molecular weight excluding hydrogens is 256 g/mol. The van der Waals surface area contributed by atoms with Crippen LogP contribution in [0.5, 0.6) is 0 Å². The molecule has 18 heavy (non-hydrogen) atoms. The largest absolute Gasteiger partial charge is 0.465 e. The van der Waals surface area contributed by atoms with E-state index < -0.39 is 5.97 Å². The van der Waals surface area contributed by atoms with Gasteiger partial charge in [-0.1, -0.05) is 17.7 Å². The first-order valence-electron chi connectivity index (χ1n) is 4.96. The number of nitrogens with two attached hydrogens (primary N) is 2. The van der Waals surface area contributed by atoms with E-state index in [1.165, 1.54) is 19.2 Å². The molecule has 0 atom stereocenters. The fraction of sp³-hybridized carbons (Fsp3) is 0.182. The Bertz CT molecular complexity index is 510. The number of aliphatic imine (C=N–C) groups is 1. The molecule has 0 spiro atoms. The van der Waals surface area contributed by atoms with Gasteiger partial charge in [-0.05, 0) is 17.7 Å². The molecule has 0 aliphatic heterocycles. The van der Waals surface area contributed by atoms with Crippen LogP contribution < -0.4 is 11.5 Å². The molecule has 1 aromatic carbocycles. The minimum Gasteiger partial charge on any atom is -0.465 e. The third kappa shape index (κ3) is 3.46. The number of benzene rings is 1. The molecule has 0 aromatic heterocycles. The smallest absolute Gasteiger partial charge is 0.339 e. The number of nitrogens with zero attached hydrogens (tertiary/aromatic N) is 1. The number of esters is 1. The van der Waals surface area contributed by atoms with Crippen LogP contribution in [0.4, 0.5) is 0 Å². The van der Waals surface area contributed by atoms with E-state index in [9.17, 15) is 4.79 Å². The van der Waals surface area contributed by atoms with E-state index in [4.69, 9.17) is 28.5 Å². The number of carbonyl (C=O) groups is 1. The van der Waals surface area contributed by atoms with Crippen LogP contribution in [-0.4, -0.2) is 31.3 Å². The first-order valence-corrected chi connectivity index (χ1v) is 5.34. The van der Waals surface area contributed by atoms with Crippen LogP contribution >= 0.6 is 11.6 Å². The summed E-state index contributed by atoms with van der Waals surface area (Å²) in [6, 6.07) is 4.58. The second-order valence-corrected chi connectivity index (χ2v) is 3.81. The first kappa shape index (κ1) is 14.0. The SMILES string of the molecule is COC(=O)c1ccc(C(=N)CN=C(N)N)cc1Cl. The highest BCUT2D eigenvalue weighted by molar-refractivity contribution is 6.34. The summed E-state index contributed by atoms with van der Waals surface area (Å²) in [7, 11) is 1.27. The Morgan fingerprint density at radius 1 is 1.50 bits per heavy atom. The van der Waals surface area contributed by atoms with Crippen LogP contribution in [-0.2, 0) is 4.74 Å². The van der Waals surface area contributed by atoms with Crippen molar-refractivity contribution in [1.29, 1.82) is 5.41 Å². The van der Waals surface area contributed by atoms with Crippen molar-refractivity contribution in [2.75, 3.05) is 13.7 Å². The lowest BCUT2D eigenvalue weighted by molar-refractivity contribution is 0.0601. The van der Waals surface area contributed by atoms with Crippen molar-refractivity contribution in [2.24, 2.45) is 16.5 Å². The van der Waals surface area contributed by atoms with Gasteiger partial charge in [0.2, 0.25) is 0 Å². The number of rotatable bonds is 4. The van der Waals surface area contributed by atoms with Crippen molar-refractivity contribution in [3.8, 4) is 0 Å². The predicted molar refractivity (Wildman–Crippen MR) is 70.3 cm³/mol. The van der Waals surface area contributed by atoms with Crippen molar-refractivity contribution in [3.05, 3.63) is 34.3 Å². The number of halogens is 1. The van der Waals surface area contributed by atoms with Crippen molar-refractivity contribution in [1.82, 2.24) is 0 Å². The van der Waals surface area contributed by atoms with Gasteiger partial charge in [-0.2, -0.15) is 0 Å². The Kier molecular flexibility index (Phi) is 4.67. The molecule has 96 valence electrons. The fourth-order valence-electron chi connectivity index (χ4n) is 1.24. The standard InChI is InChI=1S/C11H13ClN4O2/c1-18-10(17)7-3-2-6(4-8(7)12)9(13)5-16-11(14)15/h2-4,13H,5H2,1H3,(H4,14,15,16). The normalized spacial score (nSPS) is 9.67. The molecule has 0 unspecified atom stereocenters. The van der Waals surface area contributed by atoms with E-state index in [2.05, 4.69) is 9.73 Å². The molecule has 1 aromatic rings. The molecule has 0 radical (unpaired) electrons. The Balaban J connectivity index is 2.94. The van der Waals surface area contributed by atoms with E-state index in [1.54, 1.807) is 6.07 Å². The molecule has 0 saturated heterocycles. The van der Waals surface area contributed by atoms with Crippen molar-refractivity contribution in [2.45, 2.75) is 0 Å². The summed E-state index contributed by atoms with van der Waals surface area (Å²) in [5, 5.41) is 7.97. The maximum absolute atomic E-state index is 11.3. The molecule has 0 aliphatic carbocycles. The zero-order chi connectivity index (χ0) is 13.7. The summed E-state index contributed by atoms with van der Waals surface area (Å²) >= 11 is 5.93. The number of nitrogens with one attached hydrogen (secondary N) is 1. The quantitative estimate of drug-likeness (QED) is 0.425. The van der Waals surface area contributed by atoms with E-state index in [0.29, 0.717) is 5.56 Å². The number of carbonyl (C=O) groups excluding carboxylic acids is 1. The van der Waals surface area contributed by atoms with Gasteiger partial charge in [0.1, 0.15) is 0 Å². The lowest BCUT2D eigenvalue weighted by Crippen LogP contribution is -2.24. The van der Waals surface area contributed by atoms with Crippen LogP contribution in [0.25, 0.3) is 0 Å². The van der Waals surface area contributed by atoms with E-state index >= 15 is 0 Å². The van der Waals surface area contributed by atoms with Gasteiger partial charge in [-0.25, -0.2) is 9.79 Å². The van der Waals surface area contributed by atoms with Crippen molar-refractivity contribution < 1.29 is 9.53 Å². The van der Waals surface area contributed by atoms with Crippen LogP contribution in [0.2, 0.25) is 5.02 Å². The molecule has 0 bridgehead atoms. The molecule has 0 fully saturated rings. The Morgan fingerprint density at radius 2 is 2.17 bits per heavy atom. The maximum Gasteiger partial charge on any atom is 0.339 e. The number of hydrogen-bond acceptors (Lipinski definition) is 4. The minimum atomic E-state index is -0.526. The highest BCUT2D eigenvalue weighted by Crippen LogP contribution is 2.19. The van der Waals surface area contributed by atoms with Gasteiger partial charge in [-0.15, -0.1) is 0 Å².